The quantitative estimate of drug-likeness (QED) is 0.764. The minimum atomic E-state index is -0.390. The Labute approximate surface area is 124 Å². The van der Waals surface area contributed by atoms with Crippen LogP contribution in [0.15, 0.2) is 35.6 Å². The molecule has 0 aliphatic heterocycles. The Morgan fingerprint density at radius 3 is 2.76 bits per heavy atom. The van der Waals surface area contributed by atoms with Gasteiger partial charge in [-0.2, -0.15) is 0 Å². The fraction of sp³-hybridized carbons (Fsp3) is 0.500. The molecule has 0 aromatic heterocycles. The third-order valence-electron chi connectivity index (χ3n) is 3.70. The summed E-state index contributed by atoms with van der Waals surface area (Å²) in [6.07, 6.45) is 8.16. The van der Waals surface area contributed by atoms with E-state index in [2.05, 4.69) is 19.2 Å². The van der Waals surface area contributed by atoms with Crippen LogP contribution in [0.5, 0.6) is 0 Å². The molecule has 2 aliphatic carbocycles. The van der Waals surface area contributed by atoms with Gasteiger partial charge >= 0.3 is 5.97 Å². The maximum absolute atomic E-state index is 11.8. The smallest absolute Gasteiger partial charge is 0.337 e. The highest BCUT2D eigenvalue weighted by Crippen LogP contribution is 2.33. The lowest BCUT2D eigenvalue weighted by molar-refractivity contribution is -0.135. The van der Waals surface area contributed by atoms with E-state index >= 15 is 0 Å². The Kier molecular flexibility index (Phi) is 4.32. The van der Waals surface area contributed by atoms with Gasteiger partial charge in [0.25, 0.3) is 0 Å². The monoisotopic (exact) mass is 290 g/mol. The van der Waals surface area contributed by atoms with Gasteiger partial charge < -0.3 is 15.8 Å². The number of carbonyl (C=O) groups excluding carboxylic acids is 2. The molecule has 0 saturated carbocycles. The summed E-state index contributed by atoms with van der Waals surface area (Å²) in [4.78, 5) is 23.4. The Hall–Kier alpha value is -1.88. The molecule has 2 atom stereocenters. The SMILES string of the molecule is COC(=O)C1=CC(NC2=CC(=O)CC(C)(C)C2)C(N)C=C1. The number of carbonyl (C=O) groups is 2. The van der Waals surface area contributed by atoms with Crippen molar-refractivity contribution in [2.75, 3.05) is 7.11 Å². The third kappa shape index (κ3) is 3.82. The maximum atomic E-state index is 11.8. The van der Waals surface area contributed by atoms with Crippen LogP contribution < -0.4 is 11.1 Å². The van der Waals surface area contributed by atoms with Crippen LogP contribution in [0.2, 0.25) is 0 Å². The largest absolute Gasteiger partial charge is 0.465 e. The molecule has 114 valence electrons. The van der Waals surface area contributed by atoms with Crippen LogP contribution in [0.4, 0.5) is 0 Å². The summed E-state index contributed by atoms with van der Waals surface area (Å²) in [6.45, 7) is 4.13. The van der Waals surface area contributed by atoms with Gasteiger partial charge in [-0.3, -0.25) is 4.79 Å². The number of allylic oxidation sites excluding steroid dienone is 2. The normalized spacial score (nSPS) is 27.7. The van der Waals surface area contributed by atoms with Gasteiger partial charge in [0.05, 0.1) is 18.7 Å². The summed E-state index contributed by atoms with van der Waals surface area (Å²) in [6, 6.07) is -0.475. The van der Waals surface area contributed by atoms with Crippen molar-refractivity contribution in [1.82, 2.24) is 5.32 Å². The predicted octanol–water partition coefficient (Wildman–Crippen LogP) is 1.21. The van der Waals surface area contributed by atoms with Crippen molar-refractivity contribution in [3.05, 3.63) is 35.6 Å². The van der Waals surface area contributed by atoms with Crippen molar-refractivity contribution in [1.29, 1.82) is 0 Å². The van der Waals surface area contributed by atoms with Gasteiger partial charge in [-0.15, -0.1) is 0 Å². The van der Waals surface area contributed by atoms with Gasteiger partial charge in [0, 0.05) is 24.2 Å². The number of methoxy groups -OCH3 is 1. The molecule has 2 unspecified atom stereocenters. The van der Waals surface area contributed by atoms with E-state index in [4.69, 9.17) is 10.5 Å². The number of hydrogen-bond acceptors (Lipinski definition) is 5. The lowest BCUT2D eigenvalue weighted by Gasteiger charge is -2.33. The van der Waals surface area contributed by atoms with E-state index in [1.807, 2.05) is 0 Å². The van der Waals surface area contributed by atoms with E-state index in [0.29, 0.717) is 12.0 Å². The molecule has 0 bridgehead atoms. The summed E-state index contributed by atoms with van der Waals surface area (Å²) in [5, 5.41) is 3.28. The molecular formula is C16H22N2O3. The zero-order valence-electron chi connectivity index (χ0n) is 12.7. The van der Waals surface area contributed by atoms with Crippen molar-refractivity contribution in [2.45, 2.75) is 38.8 Å². The topological polar surface area (TPSA) is 81.4 Å². The van der Waals surface area contributed by atoms with Gasteiger partial charge in [0.1, 0.15) is 0 Å². The first kappa shape index (κ1) is 15.5. The molecule has 2 aliphatic rings. The van der Waals surface area contributed by atoms with Crippen LogP contribution in [-0.4, -0.2) is 30.9 Å². The molecule has 5 nitrogen and oxygen atoms in total. The molecule has 0 spiro atoms. The number of ketones is 1. The highest BCUT2D eigenvalue weighted by molar-refractivity contribution is 5.92. The molecule has 2 rings (SSSR count). The third-order valence-corrected chi connectivity index (χ3v) is 3.70. The molecule has 0 fully saturated rings. The lowest BCUT2D eigenvalue weighted by Crippen LogP contribution is -2.45. The standard InChI is InChI=1S/C16H22N2O3/c1-16(2)8-11(7-12(19)9-16)18-14-6-10(15(20)21-3)4-5-13(14)17/h4-7,13-14,18H,8-9,17H2,1-3H3. The second-order valence-corrected chi connectivity index (χ2v) is 6.37. The molecule has 0 heterocycles. The minimum absolute atomic E-state index is 0.0579. The van der Waals surface area contributed by atoms with Crippen molar-refractivity contribution in [3.63, 3.8) is 0 Å². The van der Waals surface area contributed by atoms with Crippen LogP contribution in [-0.2, 0) is 14.3 Å². The molecular weight excluding hydrogens is 268 g/mol. The zero-order valence-corrected chi connectivity index (χ0v) is 12.7. The van der Waals surface area contributed by atoms with E-state index in [1.165, 1.54) is 7.11 Å². The fourth-order valence-electron chi connectivity index (χ4n) is 2.74. The van der Waals surface area contributed by atoms with Gasteiger partial charge in [-0.05, 0) is 17.9 Å². The number of hydrogen-bond donors (Lipinski definition) is 2. The summed E-state index contributed by atoms with van der Waals surface area (Å²) in [7, 11) is 1.35. The maximum Gasteiger partial charge on any atom is 0.337 e. The molecule has 0 aromatic rings. The van der Waals surface area contributed by atoms with Crippen LogP contribution in [0.1, 0.15) is 26.7 Å². The number of nitrogens with one attached hydrogen (secondary N) is 1. The molecule has 21 heavy (non-hydrogen) atoms. The van der Waals surface area contributed by atoms with Crippen LogP contribution in [0, 0.1) is 5.41 Å². The Bertz CT molecular complexity index is 544. The van der Waals surface area contributed by atoms with E-state index in [9.17, 15) is 9.59 Å². The van der Waals surface area contributed by atoms with Crippen molar-refractivity contribution in [2.24, 2.45) is 11.1 Å². The second-order valence-electron chi connectivity index (χ2n) is 6.37. The Morgan fingerprint density at radius 1 is 1.43 bits per heavy atom. The summed E-state index contributed by atoms with van der Waals surface area (Å²) >= 11 is 0. The van der Waals surface area contributed by atoms with Crippen molar-refractivity contribution in [3.8, 4) is 0 Å². The summed E-state index contributed by atoms with van der Waals surface area (Å²) < 4.78 is 4.72. The van der Waals surface area contributed by atoms with Gasteiger partial charge in [0.2, 0.25) is 0 Å². The van der Waals surface area contributed by atoms with E-state index in [-0.39, 0.29) is 29.3 Å². The molecule has 0 aromatic carbocycles. The Morgan fingerprint density at radius 2 is 2.14 bits per heavy atom. The summed E-state index contributed by atoms with van der Waals surface area (Å²) in [5.41, 5.74) is 7.33. The predicted molar refractivity (Wildman–Crippen MR) is 80.2 cm³/mol. The van der Waals surface area contributed by atoms with Gasteiger partial charge in [-0.25, -0.2) is 4.79 Å². The first-order valence-electron chi connectivity index (χ1n) is 7.04. The van der Waals surface area contributed by atoms with Gasteiger partial charge in [-0.1, -0.05) is 26.0 Å². The minimum Gasteiger partial charge on any atom is -0.465 e. The van der Waals surface area contributed by atoms with Crippen LogP contribution >= 0.6 is 0 Å². The highest BCUT2D eigenvalue weighted by atomic mass is 16.5. The lowest BCUT2D eigenvalue weighted by atomic mass is 9.78. The van der Waals surface area contributed by atoms with Crippen molar-refractivity contribution >= 4 is 11.8 Å². The average Bonchev–Trinajstić information content (AvgIpc) is 2.38. The number of rotatable bonds is 3. The first-order valence-corrected chi connectivity index (χ1v) is 7.04. The molecule has 5 heteroatoms. The van der Waals surface area contributed by atoms with E-state index in [1.54, 1.807) is 24.3 Å². The van der Waals surface area contributed by atoms with E-state index in [0.717, 1.165) is 12.1 Å². The van der Waals surface area contributed by atoms with E-state index < -0.39 is 0 Å². The number of esters is 1. The molecule has 0 amide bonds. The Balaban J connectivity index is 2.15. The molecule has 0 saturated heterocycles. The highest BCUT2D eigenvalue weighted by Gasteiger charge is 2.29. The van der Waals surface area contributed by atoms with Gasteiger partial charge in [0.15, 0.2) is 5.78 Å². The second kappa shape index (κ2) is 5.85. The average molecular weight is 290 g/mol. The first-order chi connectivity index (χ1) is 9.80. The zero-order chi connectivity index (χ0) is 15.6. The van der Waals surface area contributed by atoms with Crippen LogP contribution in [0.3, 0.4) is 0 Å². The number of ether oxygens (including phenoxy) is 1. The van der Waals surface area contributed by atoms with Crippen molar-refractivity contribution < 1.29 is 14.3 Å². The number of nitrogens with two attached hydrogens (primary N) is 1. The summed E-state index contributed by atoms with van der Waals surface area (Å²) in [5.74, 6) is -0.273. The molecule has 3 N–H and O–H groups in total. The molecule has 0 radical (unpaired) electrons. The fourth-order valence-corrected chi connectivity index (χ4v) is 2.74. The van der Waals surface area contributed by atoms with Crippen LogP contribution in [0.25, 0.3) is 0 Å².